The number of carbonyl (C=O) groups is 1. The summed E-state index contributed by atoms with van der Waals surface area (Å²) < 4.78 is 5.20. The van der Waals surface area contributed by atoms with Crippen LogP contribution in [-0.2, 0) is 9.53 Å². The van der Waals surface area contributed by atoms with E-state index in [2.05, 4.69) is 5.32 Å². The first-order chi connectivity index (χ1) is 7.72. The predicted molar refractivity (Wildman–Crippen MR) is 68.7 cm³/mol. The topological polar surface area (TPSA) is 58.6 Å². The highest BCUT2D eigenvalue weighted by atomic mass is 16.5. The second-order valence-electron chi connectivity index (χ2n) is 5.49. The molecule has 0 aliphatic carbocycles. The van der Waals surface area contributed by atoms with E-state index < -0.39 is 12.2 Å². The molecule has 0 aliphatic heterocycles. The fourth-order valence-electron chi connectivity index (χ4n) is 1.79. The normalized spacial score (nSPS) is 15.8. The first-order valence-corrected chi connectivity index (χ1v) is 6.29. The van der Waals surface area contributed by atoms with Crippen molar-refractivity contribution in [3.63, 3.8) is 0 Å². The van der Waals surface area contributed by atoms with Crippen LogP contribution in [0.3, 0.4) is 0 Å². The highest BCUT2D eigenvalue weighted by molar-refractivity contribution is 5.80. The van der Waals surface area contributed by atoms with Gasteiger partial charge in [0, 0.05) is 18.6 Å². The maximum Gasteiger partial charge on any atom is 0.248 e. The number of rotatable bonds is 7. The van der Waals surface area contributed by atoms with Crippen LogP contribution in [0.5, 0.6) is 0 Å². The molecule has 2 N–H and O–H groups in total. The lowest BCUT2D eigenvalue weighted by molar-refractivity contribution is -0.132. The number of hydrogen-bond acceptors (Lipinski definition) is 3. The third-order valence-corrected chi connectivity index (χ3v) is 2.94. The molecule has 17 heavy (non-hydrogen) atoms. The van der Waals surface area contributed by atoms with E-state index in [1.54, 1.807) is 6.92 Å². The fraction of sp³-hybridized carbons (Fsp3) is 0.923. The average Bonchev–Trinajstić information content (AvgIpc) is 2.25. The zero-order valence-corrected chi connectivity index (χ0v) is 11.9. The molecule has 0 aromatic carbocycles. The standard InChI is InChI=1S/C13H27NO3/c1-7-17-10(4)12(16)14-8-13(5,6)11(15)9(2)3/h9-11,15H,7-8H2,1-6H3,(H,14,16). The molecular weight excluding hydrogens is 218 g/mol. The van der Waals surface area contributed by atoms with Crippen molar-refractivity contribution >= 4 is 5.91 Å². The Kier molecular flexibility index (Phi) is 6.72. The maximum absolute atomic E-state index is 11.7. The van der Waals surface area contributed by atoms with Crippen LogP contribution in [0.2, 0.25) is 0 Å². The fourth-order valence-corrected chi connectivity index (χ4v) is 1.79. The van der Waals surface area contributed by atoms with Gasteiger partial charge in [-0.15, -0.1) is 0 Å². The minimum atomic E-state index is -0.440. The van der Waals surface area contributed by atoms with Crippen LogP contribution >= 0.6 is 0 Å². The van der Waals surface area contributed by atoms with Gasteiger partial charge in [0.05, 0.1) is 6.10 Å². The lowest BCUT2D eigenvalue weighted by Crippen LogP contribution is -2.46. The van der Waals surface area contributed by atoms with Gasteiger partial charge in [0.2, 0.25) is 5.91 Å². The molecule has 4 heteroatoms. The van der Waals surface area contributed by atoms with E-state index >= 15 is 0 Å². The van der Waals surface area contributed by atoms with Gasteiger partial charge < -0.3 is 15.2 Å². The van der Waals surface area contributed by atoms with Gasteiger partial charge in [-0.1, -0.05) is 27.7 Å². The van der Waals surface area contributed by atoms with Gasteiger partial charge in [0.25, 0.3) is 0 Å². The van der Waals surface area contributed by atoms with Crippen LogP contribution in [0.15, 0.2) is 0 Å². The summed E-state index contributed by atoms with van der Waals surface area (Å²) in [6, 6.07) is 0. The molecule has 0 heterocycles. The second-order valence-corrected chi connectivity index (χ2v) is 5.49. The van der Waals surface area contributed by atoms with Crippen LogP contribution in [0.4, 0.5) is 0 Å². The molecule has 0 saturated heterocycles. The Morgan fingerprint density at radius 3 is 2.29 bits per heavy atom. The number of nitrogens with one attached hydrogen (secondary N) is 1. The summed E-state index contributed by atoms with van der Waals surface area (Å²) in [4.78, 5) is 11.7. The number of hydrogen-bond donors (Lipinski definition) is 2. The van der Waals surface area contributed by atoms with Crippen LogP contribution in [0.25, 0.3) is 0 Å². The molecule has 0 aliphatic rings. The molecule has 0 saturated carbocycles. The van der Waals surface area contributed by atoms with Crippen molar-refractivity contribution in [3.8, 4) is 0 Å². The zero-order chi connectivity index (χ0) is 13.6. The summed E-state index contributed by atoms with van der Waals surface area (Å²) in [6.07, 6.45) is -0.878. The molecule has 0 fully saturated rings. The van der Waals surface area contributed by atoms with E-state index in [9.17, 15) is 9.90 Å². The van der Waals surface area contributed by atoms with Crippen LogP contribution in [0.1, 0.15) is 41.5 Å². The summed E-state index contributed by atoms with van der Waals surface area (Å²) >= 11 is 0. The molecule has 0 aromatic heterocycles. The van der Waals surface area contributed by atoms with Crippen LogP contribution in [-0.4, -0.2) is 36.4 Å². The van der Waals surface area contributed by atoms with E-state index in [1.807, 2.05) is 34.6 Å². The molecule has 4 nitrogen and oxygen atoms in total. The van der Waals surface area contributed by atoms with E-state index in [0.29, 0.717) is 13.2 Å². The molecule has 0 aromatic rings. The number of amides is 1. The van der Waals surface area contributed by atoms with Crippen molar-refractivity contribution in [1.29, 1.82) is 0 Å². The van der Waals surface area contributed by atoms with E-state index in [0.717, 1.165) is 0 Å². The average molecular weight is 245 g/mol. The number of aliphatic hydroxyl groups is 1. The highest BCUT2D eigenvalue weighted by Crippen LogP contribution is 2.25. The largest absolute Gasteiger partial charge is 0.392 e. The summed E-state index contributed by atoms with van der Waals surface area (Å²) in [7, 11) is 0. The van der Waals surface area contributed by atoms with E-state index in [-0.39, 0.29) is 17.2 Å². The van der Waals surface area contributed by atoms with E-state index in [4.69, 9.17) is 4.74 Å². The molecule has 2 unspecified atom stereocenters. The maximum atomic E-state index is 11.7. The first kappa shape index (κ1) is 16.4. The summed E-state index contributed by atoms with van der Waals surface area (Å²) in [6.45, 7) is 12.4. The monoisotopic (exact) mass is 245 g/mol. The van der Waals surface area contributed by atoms with Crippen molar-refractivity contribution in [2.45, 2.75) is 53.8 Å². The number of carbonyl (C=O) groups excluding carboxylic acids is 1. The van der Waals surface area contributed by atoms with Gasteiger partial charge in [-0.3, -0.25) is 4.79 Å². The third-order valence-electron chi connectivity index (χ3n) is 2.94. The predicted octanol–water partition coefficient (Wildman–Crippen LogP) is 1.57. The molecule has 0 rings (SSSR count). The molecule has 0 spiro atoms. The SMILES string of the molecule is CCOC(C)C(=O)NCC(C)(C)C(O)C(C)C. The van der Waals surface area contributed by atoms with Crippen molar-refractivity contribution in [3.05, 3.63) is 0 Å². The Balaban J connectivity index is 4.22. The van der Waals surface area contributed by atoms with Crippen molar-refractivity contribution in [2.75, 3.05) is 13.2 Å². The summed E-state index contributed by atoms with van der Waals surface area (Å²) in [5.41, 5.74) is -0.338. The minimum Gasteiger partial charge on any atom is -0.392 e. The molecule has 2 atom stereocenters. The van der Waals surface area contributed by atoms with Crippen LogP contribution in [0, 0.1) is 11.3 Å². The lowest BCUT2D eigenvalue weighted by atomic mass is 9.80. The van der Waals surface area contributed by atoms with Gasteiger partial charge >= 0.3 is 0 Å². The third kappa shape index (κ3) is 5.50. The van der Waals surface area contributed by atoms with Gasteiger partial charge in [0.15, 0.2) is 0 Å². The van der Waals surface area contributed by atoms with Crippen LogP contribution < -0.4 is 5.32 Å². The first-order valence-electron chi connectivity index (χ1n) is 6.29. The zero-order valence-electron chi connectivity index (χ0n) is 11.9. The summed E-state index contributed by atoms with van der Waals surface area (Å²) in [5, 5.41) is 12.8. The molecule has 1 amide bonds. The van der Waals surface area contributed by atoms with Crippen molar-refractivity contribution in [2.24, 2.45) is 11.3 Å². The molecule has 102 valence electrons. The Bertz CT molecular complexity index is 239. The van der Waals surface area contributed by atoms with Crippen molar-refractivity contribution < 1.29 is 14.6 Å². The second kappa shape index (κ2) is 6.97. The molecule has 0 bridgehead atoms. The Morgan fingerprint density at radius 1 is 1.35 bits per heavy atom. The quantitative estimate of drug-likeness (QED) is 0.716. The molecular formula is C13H27NO3. The smallest absolute Gasteiger partial charge is 0.248 e. The minimum absolute atomic E-state index is 0.129. The highest BCUT2D eigenvalue weighted by Gasteiger charge is 2.30. The van der Waals surface area contributed by atoms with Gasteiger partial charge in [-0.05, 0) is 19.8 Å². The number of ether oxygens (including phenoxy) is 1. The van der Waals surface area contributed by atoms with Gasteiger partial charge in [0.1, 0.15) is 6.10 Å². The lowest BCUT2D eigenvalue weighted by Gasteiger charge is -2.33. The number of aliphatic hydroxyl groups excluding tert-OH is 1. The molecule has 0 radical (unpaired) electrons. The van der Waals surface area contributed by atoms with Crippen molar-refractivity contribution in [1.82, 2.24) is 5.32 Å². The summed E-state index contributed by atoms with van der Waals surface area (Å²) in [5.74, 6) is 0.0436. The Morgan fingerprint density at radius 2 is 1.88 bits per heavy atom. The van der Waals surface area contributed by atoms with E-state index in [1.165, 1.54) is 0 Å². The van der Waals surface area contributed by atoms with Gasteiger partial charge in [-0.25, -0.2) is 0 Å². The van der Waals surface area contributed by atoms with Gasteiger partial charge in [-0.2, -0.15) is 0 Å². The Labute approximate surface area is 105 Å². The Hall–Kier alpha value is -0.610.